The van der Waals surface area contributed by atoms with Crippen LogP contribution < -0.4 is 9.50 Å². The van der Waals surface area contributed by atoms with Gasteiger partial charge in [-0.2, -0.15) is 8.42 Å². The van der Waals surface area contributed by atoms with E-state index in [0.717, 1.165) is 12.1 Å². The lowest BCUT2D eigenvalue weighted by atomic mass is 10.3. The second-order valence-electron chi connectivity index (χ2n) is 2.80. The number of anilines is 1. The maximum atomic E-state index is 13.2. The van der Waals surface area contributed by atoms with Crippen molar-refractivity contribution in [1.82, 2.24) is 0 Å². The number of nitrogens with one attached hydrogen (secondary N) is 1. The van der Waals surface area contributed by atoms with Crippen LogP contribution in [0.5, 0.6) is 5.75 Å². The molecule has 0 spiro atoms. The van der Waals surface area contributed by atoms with Gasteiger partial charge in [0.15, 0.2) is 11.6 Å². The number of carbonyl (C=O) groups excluding carboxylic acids is 1. The molecule has 0 saturated carbocycles. The first-order valence-corrected chi connectivity index (χ1v) is 6.54. The van der Waals surface area contributed by atoms with E-state index in [-0.39, 0.29) is 11.0 Å². The van der Waals surface area contributed by atoms with Crippen LogP contribution in [0, 0.1) is 5.82 Å². The van der Waals surface area contributed by atoms with Gasteiger partial charge in [0.05, 0.1) is 5.33 Å². The highest BCUT2D eigenvalue weighted by Gasteiger charge is 2.14. The first kappa shape index (κ1) is 13.8. The largest absolute Gasteiger partial charge is 0.488 e. The van der Waals surface area contributed by atoms with E-state index < -0.39 is 28.0 Å². The molecule has 1 rings (SSSR count). The third-order valence-corrected chi connectivity index (χ3v) is 2.41. The standard InChI is InChI=1S/C8H6BrF2NO4S/c9-4-8(13)12-5-1-2-7(6(10)3-5)16-17(11,14)15/h1-3H,4H2,(H,12,13). The quantitative estimate of drug-likeness (QED) is 0.674. The summed E-state index contributed by atoms with van der Waals surface area (Å²) in [4.78, 5) is 10.9. The highest BCUT2D eigenvalue weighted by atomic mass is 79.9. The molecule has 1 amide bonds. The molecule has 1 aromatic rings. The molecular formula is C8H6BrF2NO4S. The second kappa shape index (κ2) is 5.41. The Morgan fingerprint density at radius 2 is 2.12 bits per heavy atom. The van der Waals surface area contributed by atoms with Crippen LogP contribution in [0.1, 0.15) is 0 Å². The van der Waals surface area contributed by atoms with E-state index in [9.17, 15) is 21.5 Å². The molecular weight excluding hydrogens is 324 g/mol. The first-order chi connectivity index (χ1) is 7.81. The van der Waals surface area contributed by atoms with Gasteiger partial charge in [0.25, 0.3) is 0 Å². The van der Waals surface area contributed by atoms with Crippen LogP contribution in [0.2, 0.25) is 0 Å². The van der Waals surface area contributed by atoms with E-state index in [0.29, 0.717) is 0 Å². The van der Waals surface area contributed by atoms with Gasteiger partial charge in [0.1, 0.15) is 0 Å². The van der Waals surface area contributed by atoms with Crippen LogP contribution in [0.4, 0.5) is 14.0 Å². The Bertz CT molecular complexity index is 534. The molecule has 0 aromatic heterocycles. The fraction of sp³-hybridized carbons (Fsp3) is 0.125. The minimum Gasteiger partial charge on any atom is -0.355 e. The van der Waals surface area contributed by atoms with Crippen molar-refractivity contribution in [2.24, 2.45) is 0 Å². The van der Waals surface area contributed by atoms with Crippen molar-refractivity contribution in [2.75, 3.05) is 10.6 Å². The van der Waals surface area contributed by atoms with Crippen molar-refractivity contribution in [2.45, 2.75) is 0 Å². The van der Waals surface area contributed by atoms with Crippen LogP contribution >= 0.6 is 15.9 Å². The zero-order valence-electron chi connectivity index (χ0n) is 8.11. The molecule has 0 bridgehead atoms. The molecule has 0 atom stereocenters. The van der Waals surface area contributed by atoms with Crippen molar-refractivity contribution in [1.29, 1.82) is 0 Å². The van der Waals surface area contributed by atoms with Crippen LogP contribution in [0.25, 0.3) is 0 Å². The van der Waals surface area contributed by atoms with Gasteiger partial charge in [-0.25, -0.2) is 4.39 Å². The number of rotatable bonds is 4. The van der Waals surface area contributed by atoms with Crippen molar-refractivity contribution in [3.05, 3.63) is 24.0 Å². The molecule has 0 aliphatic rings. The van der Waals surface area contributed by atoms with E-state index in [2.05, 4.69) is 25.4 Å². The van der Waals surface area contributed by atoms with Gasteiger partial charge < -0.3 is 9.50 Å². The number of amides is 1. The van der Waals surface area contributed by atoms with Crippen LogP contribution in [-0.2, 0) is 15.3 Å². The molecule has 0 aliphatic heterocycles. The Balaban J connectivity index is 2.90. The fourth-order valence-corrected chi connectivity index (χ4v) is 1.44. The van der Waals surface area contributed by atoms with Gasteiger partial charge in [-0.05, 0) is 12.1 Å². The van der Waals surface area contributed by atoms with E-state index >= 15 is 0 Å². The van der Waals surface area contributed by atoms with E-state index in [1.54, 1.807) is 0 Å². The summed E-state index contributed by atoms with van der Waals surface area (Å²) in [7, 11) is -5.28. The van der Waals surface area contributed by atoms with Crippen LogP contribution in [0.15, 0.2) is 18.2 Å². The van der Waals surface area contributed by atoms with Gasteiger partial charge in [-0.15, -0.1) is 0 Å². The summed E-state index contributed by atoms with van der Waals surface area (Å²) in [5.74, 6) is -2.32. The molecule has 0 radical (unpaired) electrons. The molecule has 94 valence electrons. The third kappa shape index (κ3) is 4.65. The third-order valence-electron chi connectivity index (χ3n) is 1.53. The van der Waals surface area contributed by atoms with Crippen LogP contribution in [-0.4, -0.2) is 19.7 Å². The highest BCUT2D eigenvalue weighted by molar-refractivity contribution is 9.09. The van der Waals surface area contributed by atoms with Gasteiger partial charge >= 0.3 is 10.5 Å². The Morgan fingerprint density at radius 1 is 1.47 bits per heavy atom. The molecule has 17 heavy (non-hydrogen) atoms. The number of alkyl halides is 1. The highest BCUT2D eigenvalue weighted by Crippen LogP contribution is 2.22. The summed E-state index contributed by atoms with van der Waals surface area (Å²) in [6, 6.07) is 2.86. The zero-order chi connectivity index (χ0) is 13.1. The van der Waals surface area contributed by atoms with Crippen molar-refractivity contribution >= 4 is 38.0 Å². The average molecular weight is 330 g/mol. The van der Waals surface area contributed by atoms with Gasteiger partial charge in [0, 0.05) is 11.8 Å². The zero-order valence-corrected chi connectivity index (χ0v) is 10.5. The summed E-state index contributed by atoms with van der Waals surface area (Å²) in [5, 5.41) is 2.32. The van der Waals surface area contributed by atoms with Crippen molar-refractivity contribution in [3.63, 3.8) is 0 Å². The van der Waals surface area contributed by atoms with Gasteiger partial charge in [-0.3, -0.25) is 4.79 Å². The Morgan fingerprint density at radius 3 is 2.59 bits per heavy atom. The number of hydrogen-bond donors (Lipinski definition) is 1. The van der Waals surface area contributed by atoms with Crippen molar-refractivity contribution in [3.8, 4) is 5.75 Å². The number of carbonyl (C=O) groups is 1. The molecule has 9 heteroatoms. The normalized spacial score (nSPS) is 11.0. The predicted octanol–water partition coefficient (Wildman–Crippen LogP) is 1.75. The summed E-state index contributed by atoms with van der Waals surface area (Å²) in [5.41, 5.74) is 0.0931. The SMILES string of the molecule is O=C(CBr)Nc1ccc(OS(=O)(=O)F)c(F)c1. The number of halogens is 3. The maximum Gasteiger partial charge on any atom is 0.488 e. The Labute approximate surface area is 104 Å². The molecule has 5 nitrogen and oxygen atoms in total. The smallest absolute Gasteiger partial charge is 0.355 e. The fourth-order valence-electron chi connectivity index (χ4n) is 0.948. The molecule has 0 aliphatic carbocycles. The Hall–Kier alpha value is -1.22. The molecule has 0 unspecified atom stereocenters. The molecule has 0 heterocycles. The lowest BCUT2D eigenvalue weighted by Gasteiger charge is -2.05. The average Bonchev–Trinajstić information content (AvgIpc) is 2.20. The number of hydrogen-bond acceptors (Lipinski definition) is 4. The molecule has 1 aromatic carbocycles. The van der Waals surface area contributed by atoms with E-state index in [4.69, 9.17) is 0 Å². The monoisotopic (exact) mass is 329 g/mol. The molecule has 1 N–H and O–H groups in total. The predicted molar refractivity (Wildman–Crippen MR) is 59.5 cm³/mol. The van der Waals surface area contributed by atoms with E-state index in [1.807, 2.05) is 0 Å². The topological polar surface area (TPSA) is 72.5 Å². The lowest BCUT2D eigenvalue weighted by Crippen LogP contribution is -2.12. The molecule has 0 saturated heterocycles. The minimum absolute atomic E-state index is 0.0196. The second-order valence-corrected chi connectivity index (χ2v) is 4.32. The maximum absolute atomic E-state index is 13.2. The summed E-state index contributed by atoms with van der Waals surface area (Å²) < 4.78 is 49.3. The van der Waals surface area contributed by atoms with E-state index in [1.165, 1.54) is 6.07 Å². The van der Waals surface area contributed by atoms with Crippen molar-refractivity contribution < 1.29 is 25.7 Å². The molecule has 0 fully saturated rings. The van der Waals surface area contributed by atoms with Gasteiger partial charge in [0.2, 0.25) is 5.91 Å². The van der Waals surface area contributed by atoms with Crippen LogP contribution in [0.3, 0.4) is 0 Å². The summed E-state index contributed by atoms with van der Waals surface area (Å²) >= 11 is 2.89. The Kier molecular flexibility index (Phi) is 4.40. The summed E-state index contributed by atoms with van der Waals surface area (Å²) in [6.45, 7) is 0. The first-order valence-electron chi connectivity index (χ1n) is 4.11. The summed E-state index contributed by atoms with van der Waals surface area (Å²) in [6.07, 6.45) is 0. The number of benzene rings is 1. The lowest BCUT2D eigenvalue weighted by molar-refractivity contribution is -0.113. The van der Waals surface area contributed by atoms with Gasteiger partial charge in [-0.1, -0.05) is 19.8 Å². The minimum atomic E-state index is -5.28.